The first-order chi connectivity index (χ1) is 9.08. The van der Waals surface area contributed by atoms with Gasteiger partial charge in [-0.2, -0.15) is 0 Å². The molecule has 0 aliphatic carbocycles. The fourth-order valence-electron chi connectivity index (χ4n) is 2.53. The predicted molar refractivity (Wildman–Crippen MR) is 78.9 cm³/mol. The zero-order valence-corrected chi connectivity index (χ0v) is 12.4. The highest BCUT2D eigenvalue weighted by molar-refractivity contribution is 6.33. The first-order valence-electron chi connectivity index (χ1n) is 6.84. The van der Waals surface area contributed by atoms with Crippen molar-refractivity contribution < 1.29 is 9.84 Å². The third-order valence-corrected chi connectivity index (χ3v) is 3.95. The first-order valence-corrected chi connectivity index (χ1v) is 7.22. The van der Waals surface area contributed by atoms with Crippen LogP contribution in [0.4, 0.5) is 5.69 Å². The average Bonchev–Trinajstić information content (AvgIpc) is 2.39. The van der Waals surface area contributed by atoms with E-state index in [2.05, 4.69) is 11.9 Å². The summed E-state index contributed by atoms with van der Waals surface area (Å²) >= 11 is 6.30. The maximum atomic E-state index is 9.55. The number of nitrogens with zero attached hydrogens (tertiary/aromatic N) is 1. The van der Waals surface area contributed by atoms with E-state index in [0.717, 1.165) is 37.4 Å². The molecule has 1 aromatic rings. The molecule has 0 bridgehead atoms. The summed E-state index contributed by atoms with van der Waals surface area (Å²) in [5.41, 5.74) is 1.86. The number of benzene rings is 1. The lowest BCUT2D eigenvalue weighted by Crippen LogP contribution is -2.31. The molecule has 1 aliphatic rings. The van der Waals surface area contributed by atoms with Gasteiger partial charge in [0, 0.05) is 20.2 Å². The van der Waals surface area contributed by atoms with E-state index in [-0.39, 0.29) is 0 Å². The molecule has 0 aromatic heterocycles. The second kappa shape index (κ2) is 6.60. The van der Waals surface area contributed by atoms with Crippen LogP contribution in [-0.4, -0.2) is 31.9 Å². The molecule has 2 atom stereocenters. The summed E-state index contributed by atoms with van der Waals surface area (Å²) in [7, 11) is 2.05. The van der Waals surface area contributed by atoms with Gasteiger partial charge in [0.15, 0.2) is 0 Å². The Hall–Kier alpha value is -0.770. The molecule has 0 amide bonds. The van der Waals surface area contributed by atoms with Crippen LogP contribution in [-0.2, 0) is 4.74 Å². The molecule has 106 valence electrons. The minimum absolute atomic E-state index is 0.483. The van der Waals surface area contributed by atoms with Gasteiger partial charge in [-0.15, -0.1) is 0 Å². The highest BCUT2D eigenvalue weighted by Gasteiger charge is 2.17. The van der Waals surface area contributed by atoms with Gasteiger partial charge in [-0.25, -0.2) is 0 Å². The monoisotopic (exact) mass is 283 g/mol. The van der Waals surface area contributed by atoms with Crippen molar-refractivity contribution in [1.29, 1.82) is 0 Å². The van der Waals surface area contributed by atoms with E-state index in [0.29, 0.717) is 10.9 Å². The van der Waals surface area contributed by atoms with Crippen LogP contribution in [0.3, 0.4) is 0 Å². The van der Waals surface area contributed by atoms with E-state index in [9.17, 15) is 5.11 Å². The Balaban J connectivity index is 2.03. The summed E-state index contributed by atoms with van der Waals surface area (Å²) < 4.78 is 5.51. The minimum atomic E-state index is -0.483. The van der Waals surface area contributed by atoms with Gasteiger partial charge in [0.05, 0.1) is 23.4 Å². The molecule has 1 heterocycles. The van der Waals surface area contributed by atoms with Crippen LogP contribution < -0.4 is 4.90 Å². The third-order valence-electron chi connectivity index (χ3n) is 3.65. The number of halogens is 1. The third kappa shape index (κ3) is 3.85. The number of aliphatic hydroxyl groups excluding tert-OH is 1. The molecule has 1 N–H and O–H groups in total. The second-order valence-corrected chi connectivity index (χ2v) is 5.76. The quantitative estimate of drug-likeness (QED) is 0.921. The van der Waals surface area contributed by atoms with Crippen LogP contribution in [0.25, 0.3) is 0 Å². The van der Waals surface area contributed by atoms with Crippen LogP contribution >= 0.6 is 11.6 Å². The molecular formula is C15H22ClNO2. The molecule has 4 heteroatoms. The number of rotatable bonds is 4. The summed E-state index contributed by atoms with van der Waals surface area (Å²) in [5.74, 6) is 0.575. The molecule has 19 heavy (non-hydrogen) atoms. The highest BCUT2D eigenvalue weighted by atomic mass is 35.5. The summed E-state index contributed by atoms with van der Waals surface area (Å²) in [6.45, 7) is 4.43. The number of ether oxygens (including phenoxy) is 1. The van der Waals surface area contributed by atoms with Crippen molar-refractivity contribution in [3.63, 3.8) is 0 Å². The lowest BCUT2D eigenvalue weighted by atomic mass is 10.0. The average molecular weight is 284 g/mol. The molecule has 3 nitrogen and oxygen atoms in total. The Morgan fingerprint density at radius 2 is 2.32 bits per heavy atom. The van der Waals surface area contributed by atoms with Crippen molar-refractivity contribution in [3.05, 3.63) is 28.8 Å². The standard InChI is InChI=1S/C15H22ClNO2/c1-11(18)13-5-6-15(14(16)8-13)17(2)9-12-4-3-7-19-10-12/h5-6,8,11-12,18H,3-4,7,9-10H2,1-2H3/t11-,12?/m0/s1. The maximum Gasteiger partial charge on any atom is 0.0762 e. The lowest BCUT2D eigenvalue weighted by Gasteiger charge is -2.29. The molecule has 1 aromatic carbocycles. The molecule has 1 fully saturated rings. The van der Waals surface area contributed by atoms with Crippen LogP contribution in [0.5, 0.6) is 0 Å². The Morgan fingerprint density at radius 1 is 1.53 bits per heavy atom. The van der Waals surface area contributed by atoms with E-state index in [1.807, 2.05) is 18.2 Å². The van der Waals surface area contributed by atoms with E-state index in [4.69, 9.17) is 16.3 Å². The zero-order chi connectivity index (χ0) is 13.8. The van der Waals surface area contributed by atoms with Crippen LogP contribution in [0, 0.1) is 5.92 Å². The van der Waals surface area contributed by atoms with E-state index < -0.39 is 6.10 Å². The van der Waals surface area contributed by atoms with Crippen molar-refractivity contribution in [3.8, 4) is 0 Å². The Labute approximate surface area is 120 Å². The van der Waals surface area contributed by atoms with Gasteiger partial charge >= 0.3 is 0 Å². The van der Waals surface area contributed by atoms with E-state index in [1.165, 1.54) is 6.42 Å². The van der Waals surface area contributed by atoms with Crippen molar-refractivity contribution >= 4 is 17.3 Å². The van der Waals surface area contributed by atoms with Gasteiger partial charge in [-0.1, -0.05) is 17.7 Å². The van der Waals surface area contributed by atoms with Crippen LogP contribution in [0.1, 0.15) is 31.4 Å². The van der Waals surface area contributed by atoms with E-state index >= 15 is 0 Å². The Bertz CT molecular complexity index is 417. The predicted octanol–water partition coefficient (Wildman–Crippen LogP) is 3.26. The van der Waals surface area contributed by atoms with Gasteiger partial charge in [0.1, 0.15) is 0 Å². The van der Waals surface area contributed by atoms with Gasteiger partial charge in [0.25, 0.3) is 0 Å². The minimum Gasteiger partial charge on any atom is -0.389 e. The fraction of sp³-hybridized carbons (Fsp3) is 0.600. The van der Waals surface area contributed by atoms with Crippen LogP contribution in [0.15, 0.2) is 18.2 Å². The van der Waals surface area contributed by atoms with Crippen molar-refractivity contribution in [2.24, 2.45) is 5.92 Å². The largest absolute Gasteiger partial charge is 0.389 e. The SMILES string of the molecule is C[C@H](O)c1ccc(N(C)CC2CCCOC2)c(Cl)c1. The smallest absolute Gasteiger partial charge is 0.0762 e. The molecule has 0 radical (unpaired) electrons. The Morgan fingerprint density at radius 3 is 2.89 bits per heavy atom. The van der Waals surface area contributed by atoms with Crippen molar-refractivity contribution in [2.75, 3.05) is 31.7 Å². The van der Waals surface area contributed by atoms with E-state index in [1.54, 1.807) is 6.92 Å². The summed E-state index contributed by atoms with van der Waals surface area (Å²) in [6.07, 6.45) is 1.88. The zero-order valence-electron chi connectivity index (χ0n) is 11.6. The lowest BCUT2D eigenvalue weighted by molar-refractivity contribution is 0.0576. The van der Waals surface area contributed by atoms with Crippen molar-refractivity contribution in [2.45, 2.75) is 25.9 Å². The van der Waals surface area contributed by atoms with Gasteiger partial charge in [-0.05, 0) is 43.4 Å². The highest BCUT2D eigenvalue weighted by Crippen LogP contribution is 2.29. The van der Waals surface area contributed by atoms with Crippen LogP contribution in [0.2, 0.25) is 5.02 Å². The van der Waals surface area contributed by atoms with Gasteiger partial charge in [-0.3, -0.25) is 0 Å². The molecular weight excluding hydrogens is 262 g/mol. The van der Waals surface area contributed by atoms with Crippen molar-refractivity contribution in [1.82, 2.24) is 0 Å². The molecule has 0 spiro atoms. The number of hydrogen-bond donors (Lipinski definition) is 1. The molecule has 1 saturated heterocycles. The second-order valence-electron chi connectivity index (χ2n) is 5.35. The normalized spacial score (nSPS) is 21.2. The number of anilines is 1. The Kier molecular flexibility index (Phi) is 5.08. The van der Waals surface area contributed by atoms with Gasteiger partial charge < -0.3 is 14.7 Å². The summed E-state index contributed by atoms with van der Waals surface area (Å²) in [4.78, 5) is 2.17. The number of hydrogen-bond acceptors (Lipinski definition) is 3. The molecule has 1 unspecified atom stereocenters. The maximum absolute atomic E-state index is 9.55. The fourth-order valence-corrected chi connectivity index (χ4v) is 2.86. The number of aliphatic hydroxyl groups is 1. The summed E-state index contributed by atoms with van der Waals surface area (Å²) in [6, 6.07) is 5.75. The first kappa shape index (κ1) is 14.6. The molecule has 2 rings (SSSR count). The summed E-state index contributed by atoms with van der Waals surface area (Å²) in [5, 5.41) is 10.2. The topological polar surface area (TPSA) is 32.7 Å². The molecule has 0 saturated carbocycles. The molecule has 1 aliphatic heterocycles. The van der Waals surface area contributed by atoms with Gasteiger partial charge in [0.2, 0.25) is 0 Å².